The first-order valence-electron chi connectivity index (χ1n) is 15.0. The van der Waals surface area contributed by atoms with Crippen molar-refractivity contribution in [3.05, 3.63) is 155 Å². The van der Waals surface area contributed by atoms with Gasteiger partial charge in [0.2, 0.25) is 0 Å². The molecule has 0 N–H and O–H groups in total. The summed E-state index contributed by atoms with van der Waals surface area (Å²) >= 11 is 4.66. The van der Waals surface area contributed by atoms with E-state index < -0.39 is 17.8 Å². The van der Waals surface area contributed by atoms with E-state index in [1.165, 1.54) is 28.0 Å². The molecule has 0 fully saturated rings. The van der Waals surface area contributed by atoms with E-state index in [0.717, 1.165) is 15.6 Å². The standard InChI is InChI=1S/C37H30BrFN2O5S/c1-3-44-30-20-24(12-19-29(30)46-22-23-10-15-27(38)16-11-23)21-31-35(42)41-34(26-13-17-28(39)18-14-26)32(36(43)45-4-2)33(40-37(41)47-31)25-8-6-5-7-9-25/h5-21,34H,3-4,22H2,1-2H3/b31-21-/t34-/m1/s1. The minimum Gasteiger partial charge on any atom is -0.490 e. The monoisotopic (exact) mass is 712 g/mol. The number of halogens is 2. The van der Waals surface area contributed by atoms with Gasteiger partial charge in [0.1, 0.15) is 12.4 Å². The Morgan fingerprint density at radius 3 is 2.38 bits per heavy atom. The molecule has 0 amide bonds. The van der Waals surface area contributed by atoms with Gasteiger partial charge in [-0.3, -0.25) is 9.36 Å². The van der Waals surface area contributed by atoms with E-state index in [9.17, 15) is 14.0 Å². The Labute approximate surface area is 283 Å². The molecule has 6 rings (SSSR count). The number of ether oxygens (including phenoxy) is 3. The average Bonchev–Trinajstić information content (AvgIpc) is 3.39. The Morgan fingerprint density at radius 2 is 1.68 bits per heavy atom. The van der Waals surface area contributed by atoms with Crippen molar-refractivity contribution in [2.75, 3.05) is 13.2 Å². The lowest BCUT2D eigenvalue weighted by molar-refractivity contribution is -0.138. The number of hydrogen-bond donors (Lipinski definition) is 0. The predicted octanol–water partition coefficient (Wildman–Crippen LogP) is 6.81. The first-order chi connectivity index (χ1) is 22.9. The lowest BCUT2D eigenvalue weighted by atomic mass is 9.93. The Morgan fingerprint density at radius 1 is 0.936 bits per heavy atom. The van der Waals surface area contributed by atoms with Crippen LogP contribution in [0.3, 0.4) is 0 Å². The number of hydrogen-bond acceptors (Lipinski definition) is 7. The highest BCUT2D eigenvalue weighted by Gasteiger charge is 2.35. The second kappa shape index (κ2) is 14.3. The van der Waals surface area contributed by atoms with Gasteiger partial charge in [-0.1, -0.05) is 87.9 Å². The highest BCUT2D eigenvalue weighted by atomic mass is 79.9. The van der Waals surface area contributed by atoms with Crippen molar-refractivity contribution in [2.24, 2.45) is 4.99 Å². The van der Waals surface area contributed by atoms with Crippen LogP contribution < -0.4 is 24.4 Å². The molecule has 4 aromatic carbocycles. The number of benzene rings is 4. The smallest absolute Gasteiger partial charge is 0.338 e. The Balaban J connectivity index is 1.47. The second-order valence-electron chi connectivity index (χ2n) is 10.5. The molecular formula is C37H30BrFN2O5S. The van der Waals surface area contributed by atoms with Gasteiger partial charge in [0, 0.05) is 10.0 Å². The van der Waals surface area contributed by atoms with Gasteiger partial charge in [0.25, 0.3) is 5.56 Å². The zero-order valence-corrected chi connectivity index (χ0v) is 28.0. The third-order valence-electron chi connectivity index (χ3n) is 7.43. The topological polar surface area (TPSA) is 79.1 Å². The fourth-order valence-corrected chi connectivity index (χ4v) is 6.56. The van der Waals surface area contributed by atoms with Gasteiger partial charge in [-0.05, 0) is 73.0 Å². The first kappa shape index (κ1) is 32.2. The van der Waals surface area contributed by atoms with Gasteiger partial charge in [0.15, 0.2) is 16.3 Å². The normalized spacial score (nSPS) is 14.4. The van der Waals surface area contributed by atoms with Crippen molar-refractivity contribution < 1.29 is 23.4 Å². The molecule has 47 heavy (non-hydrogen) atoms. The molecule has 7 nitrogen and oxygen atoms in total. The van der Waals surface area contributed by atoms with Crippen LogP contribution in [-0.2, 0) is 16.1 Å². The molecule has 1 aliphatic heterocycles. The summed E-state index contributed by atoms with van der Waals surface area (Å²) in [6, 6.07) is 27.5. The Kier molecular flexibility index (Phi) is 9.79. The van der Waals surface area contributed by atoms with E-state index in [4.69, 9.17) is 19.2 Å². The van der Waals surface area contributed by atoms with Crippen LogP contribution in [-0.4, -0.2) is 23.8 Å². The Bertz CT molecular complexity index is 2130. The summed E-state index contributed by atoms with van der Waals surface area (Å²) in [7, 11) is 0. The molecular weight excluding hydrogens is 683 g/mol. The molecule has 0 saturated heterocycles. The summed E-state index contributed by atoms with van der Waals surface area (Å²) in [6.07, 6.45) is 1.77. The van der Waals surface area contributed by atoms with Crippen molar-refractivity contribution in [3.8, 4) is 11.5 Å². The van der Waals surface area contributed by atoms with Crippen LogP contribution in [0.2, 0.25) is 0 Å². The van der Waals surface area contributed by atoms with Gasteiger partial charge in [0.05, 0.1) is 35.1 Å². The predicted molar refractivity (Wildman–Crippen MR) is 184 cm³/mol. The maximum atomic E-state index is 14.2. The highest BCUT2D eigenvalue weighted by molar-refractivity contribution is 9.10. The summed E-state index contributed by atoms with van der Waals surface area (Å²) in [5.41, 5.74) is 3.24. The number of carbonyl (C=O) groups is 1. The fraction of sp³-hybridized carbons (Fsp3) is 0.162. The highest BCUT2D eigenvalue weighted by Crippen LogP contribution is 2.35. The Hall–Kier alpha value is -4.80. The minimum atomic E-state index is -0.892. The zero-order chi connectivity index (χ0) is 32.9. The fourth-order valence-electron chi connectivity index (χ4n) is 5.30. The summed E-state index contributed by atoms with van der Waals surface area (Å²) in [6.45, 7) is 4.54. The van der Waals surface area contributed by atoms with Crippen LogP contribution >= 0.6 is 27.3 Å². The number of rotatable bonds is 10. The van der Waals surface area contributed by atoms with E-state index in [0.29, 0.717) is 50.9 Å². The van der Waals surface area contributed by atoms with E-state index in [1.807, 2.05) is 79.7 Å². The lowest BCUT2D eigenvalue weighted by Crippen LogP contribution is -2.40. The van der Waals surface area contributed by atoms with Crippen LogP contribution in [0, 0.1) is 5.82 Å². The van der Waals surface area contributed by atoms with Crippen LogP contribution in [0.15, 0.2) is 117 Å². The van der Waals surface area contributed by atoms with Gasteiger partial charge in [-0.2, -0.15) is 0 Å². The molecule has 10 heteroatoms. The summed E-state index contributed by atoms with van der Waals surface area (Å²) in [4.78, 5) is 33.0. The third-order valence-corrected chi connectivity index (χ3v) is 8.94. The molecule has 1 aromatic heterocycles. The number of fused-ring (bicyclic) bond motifs is 1. The largest absolute Gasteiger partial charge is 0.490 e. The molecule has 0 bridgehead atoms. The number of esters is 1. The lowest BCUT2D eigenvalue weighted by Gasteiger charge is -2.25. The summed E-state index contributed by atoms with van der Waals surface area (Å²) in [5.74, 6) is 0.0989. The molecule has 0 spiro atoms. The molecule has 1 atom stereocenters. The number of nitrogens with zero attached hydrogens (tertiary/aromatic N) is 2. The van der Waals surface area contributed by atoms with Crippen LogP contribution in [0.1, 0.15) is 42.1 Å². The van der Waals surface area contributed by atoms with E-state index in [-0.39, 0.29) is 17.7 Å². The van der Waals surface area contributed by atoms with Gasteiger partial charge in [-0.15, -0.1) is 0 Å². The summed E-state index contributed by atoms with van der Waals surface area (Å²) < 4.78 is 34.4. The quantitative estimate of drug-likeness (QED) is 0.149. The molecule has 0 saturated carbocycles. The average molecular weight is 714 g/mol. The number of thiazole rings is 1. The molecule has 5 aromatic rings. The first-order valence-corrected chi connectivity index (χ1v) is 16.6. The van der Waals surface area contributed by atoms with Crippen molar-refractivity contribution >= 4 is 45.0 Å². The van der Waals surface area contributed by atoms with Gasteiger partial charge >= 0.3 is 5.97 Å². The zero-order valence-electron chi connectivity index (χ0n) is 25.6. The van der Waals surface area contributed by atoms with Crippen LogP contribution in [0.4, 0.5) is 4.39 Å². The minimum absolute atomic E-state index is 0.135. The maximum absolute atomic E-state index is 14.2. The van der Waals surface area contributed by atoms with Gasteiger partial charge in [-0.25, -0.2) is 14.2 Å². The van der Waals surface area contributed by atoms with Crippen LogP contribution in [0.25, 0.3) is 11.8 Å². The van der Waals surface area contributed by atoms with Crippen molar-refractivity contribution in [1.29, 1.82) is 0 Å². The number of carbonyl (C=O) groups excluding carboxylic acids is 1. The van der Waals surface area contributed by atoms with E-state index >= 15 is 0 Å². The molecule has 0 radical (unpaired) electrons. The van der Waals surface area contributed by atoms with E-state index in [1.54, 1.807) is 25.1 Å². The maximum Gasteiger partial charge on any atom is 0.338 e. The molecule has 0 unspecified atom stereocenters. The number of aromatic nitrogens is 1. The SMILES string of the molecule is CCOC(=O)C1=C(c2ccccc2)N=c2s/c(=C\c3ccc(OCc4ccc(Br)cc4)c(OCC)c3)c(=O)n2[C@@H]1c1ccc(F)cc1. The molecule has 0 aliphatic carbocycles. The van der Waals surface area contributed by atoms with Crippen molar-refractivity contribution in [1.82, 2.24) is 4.57 Å². The third kappa shape index (κ3) is 6.99. The van der Waals surface area contributed by atoms with E-state index in [2.05, 4.69) is 15.9 Å². The second-order valence-corrected chi connectivity index (χ2v) is 12.5. The van der Waals surface area contributed by atoms with Crippen LogP contribution in [0.5, 0.6) is 11.5 Å². The van der Waals surface area contributed by atoms with Crippen molar-refractivity contribution in [3.63, 3.8) is 0 Å². The van der Waals surface area contributed by atoms with Crippen molar-refractivity contribution in [2.45, 2.75) is 26.5 Å². The molecule has 238 valence electrons. The summed E-state index contributed by atoms with van der Waals surface area (Å²) in [5, 5.41) is 0. The molecule has 1 aliphatic rings. The van der Waals surface area contributed by atoms with Gasteiger partial charge < -0.3 is 14.2 Å². The molecule has 2 heterocycles.